The Labute approximate surface area is 56.0 Å². The van der Waals surface area contributed by atoms with Crippen molar-refractivity contribution in [1.29, 1.82) is 0 Å². The zero-order chi connectivity index (χ0) is 6.48. The van der Waals surface area contributed by atoms with E-state index in [-0.39, 0.29) is 0 Å². The maximum atomic E-state index is 5.40. The van der Waals surface area contributed by atoms with E-state index in [1.54, 1.807) is 0 Å². The molecule has 9 heavy (non-hydrogen) atoms. The molecule has 0 amide bonds. The molecule has 0 spiro atoms. The highest BCUT2D eigenvalue weighted by atomic mass is 15.2. The normalized spacial score (nSPS) is 48.2. The molecule has 0 aromatic rings. The Morgan fingerprint density at radius 2 is 2.56 bits per heavy atom. The van der Waals surface area contributed by atoms with E-state index in [4.69, 9.17) is 6.42 Å². The second-order valence-electron chi connectivity index (χ2n) is 3.40. The Bertz CT molecular complexity index is 179. The third-order valence-electron chi connectivity index (χ3n) is 2.60. The van der Waals surface area contributed by atoms with Gasteiger partial charge in [-0.15, -0.1) is 6.42 Å². The van der Waals surface area contributed by atoms with Crippen LogP contribution in [0.15, 0.2) is 0 Å². The highest BCUT2D eigenvalue weighted by Crippen LogP contribution is 2.56. The summed E-state index contributed by atoms with van der Waals surface area (Å²) >= 11 is 0. The maximum Gasteiger partial charge on any atom is 0.0483 e. The summed E-state index contributed by atoms with van der Waals surface area (Å²) in [7, 11) is 2.14. The molecular formula is C8H11N. The third kappa shape index (κ3) is 0.544. The smallest absolute Gasteiger partial charge is 0.0483 e. The monoisotopic (exact) mass is 121 g/mol. The Hall–Kier alpha value is -0.480. The summed E-state index contributed by atoms with van der Waals surface area (Å²) in [5, 5.41) is 0. The van der Waals surface area contributed by atoms with Gasteiger partial charge in [0.2, 0.25) is 0 Å². The van der Waals surface area contributed by atoms with Gasteiger partial charge in [0.05, 0.1) is 0 Å². The zero-order valence-corrected chi connectivity index (χ0v) is 5.72. The fourth-order valence-electron chi connectivity index (χ4n) is 1.96. The van der Waals surface area contributed by atoms with Crippen LogP contribution in [0.1, 0.15) is 6.42 Å². The van der Waals surface area contributed by atoms with E-state index in [1.165, 1.54) is 13.0 Å². The summed E-state index contributed by atoms with van der Waals surface area (Å²) in [5.74, 6) is 3.74. The van der Waals surface area contributed by atoms with Crippen molar-refractivity contribution in [3.8, 4) is 12.3 Å². The first-order valence-electron chi connectivity index (χ1n) is 3.43. The van der Waals surface area contributed by atoms with Gasteiger partial charge < -0.3 is 4.90 Å². The van der Waals surface area contributed by atoms with Crippen LogP contribution < -0.4 is 0 Å². The molecule has 1 aliphatic carbocycles. The van der Waals surface area contributed by atoms with E-state index >= 15 is 0 Å². The standard InChI is InChI=1S/C8H11N/c1-3-8-4-7(8)5-9(2)6-8/h1,7H,4-6H2,2H3. The minimum atomic E-state index is 0.328. The van der Waals surface area contributed by atoms with E-state index in [9.17, 15) is 0 Å². The number of likely N-dealkylation sites (tertiary alicyclic amines) is 1. The number of terminal acetylenes is 1. The van der Waals surface area contributed by atoms with Crippen LogP contribution in [0.25, 0.3) is 0 Å². The lowest BCUT2D eigenvalue weighted by Crippen LogP contribution is -2.18. The second kappa shape index (κ2) is 1.33. The first-order valence-corrected chi connectivity index (χ1v) is 3.43. The lowest BCUT2D eigenvalue weighted by Gasteiger charge is -2.10. The molecule has 2 unspecified atom stereocenters. The summed E-state index contributed by atoms with van der Waals surface area (Å²) in [4.78, 5) is 2.33. The lowest BCUT2D eigenvalue weighted by molar-refractivity contribution is 0.360. The van der Waals surface area contributed by atoms with E-state index < -0.39 is 0 Å². The van der Waals surface area contributed by atoms with Gasteiger partial charge in [-0.2, -0.15) is 0 Å². The fraction of sp³-hybridized carbons (Fsp3) is 0.750. The SMILES string of the molecule is C#CC12CC1CN(C)C2. The van der Waals surface area contributed by atoms with Gasteiger partial charge in [-0.3, -0.25) is 0 Å². The highest BCUT2D eigenvalue weighted by Gasteiger charge is 2.57. The maximum absolute atomic E-state index is 5.40. The average molecular weight is 121 g/mol. The molecule has 0 N–H and O–H groups in total. The molecule has 48 valence electrons. The van der Waals surface area contributed by atoms with Crippen LogP contribution in [0.3, 0.4) is 0 Å². The molecule has 1 heteroatoms. The molecule has 0 aromatic carbocycles. The second-order valence-corrected chi connectivity index (χ2v) is 3.40. The average Bonchev–Trinajstić information content (AvgIpc) is 2.38. The molecule has 2 atom stereocenters. The van der Waals surface area contributed by atoms with Gasteiger partial charge in [-0.05, 0) is 19.4 Å². The van der Waals surface area contributed by atoms with Crippen molar-refractivity contribution >= 4 is 0 Å². The van der Waals surface area contributed by atoms with Crippen LogP contribution in [0.4, 0.5) is 0 Å². The van der Waals surface area contributed by atoms with Crippen molar-refractivity contribution in [3.63, 3.8) is 0 Å². The minimum absolute atomic E-state index is 0.328. The van der Waals surface area contributed by atoms with Crippen molar-refractivity contribution in [1.82, 2.24) is 4.90 Å². The molecule has 2 rings (SSSR count). The first-order chi connectivity index (χ1) is 4.27. The molecule has 1 aliphatic heterocycles. The molecule has 2 fully saturated rings. The van der Waals surface area contributed by atoms with E-state index in [0.29, 0.717) is 5.41 Å². The first kappa shape index (κ1) is 5.32. The van der Waals surface area contributed by atoms with Gasteiger partial charge >= 0.3 is 0 Å². The Morgan fingerprint density at radius 1 is 1.78 bits per heavy atom. The van der Waals surface area contributed by atoms with Crippen LogP contribution >= 0.6 is 0 Å². The summed E-state index contributed by atoms with van der Waals surface area (Å²) < 4.78 is 0. The molecule has 1 saturated heterocycles. The molecule has 2 aliphatic rings. The van der Waals surface area contributed by atoms with Gasteiger partial charge in [-0.25, -0.2) is 0 Å². The quantitative estimate of drug-likeness (QED) is 0.423. The Balaban J connectivity index is 2.16. The predicted octanol–water partition coefficient (Wildman–Crippen LogP) is 0.571. The Morgan fingerprint density at radius 3 is 2.89 bits per heavy atom. The van der Waals surface area contributed by atoms with E-state index in [0.717, 1.165) is 12.5 Å². The van der Waals surface area contributed by atoms with Crippen molar-refractivity contribution in [2.75, 3.05) is 20.1 Å². The summed E-state index contributed by atoms with van der Waals surface area (Å²) in [6.45, 7) is 2.36. The molecule has 0 radical (unpaired) electrons. The van der Waals surface area contributed by atoms with Gasteiger partial charge in [0.1, 0.15) is 0 Å². The van der Waals surface area contributed by atoms with Crippen LogP contribution in [0, 0.1) is 23.7 Å². The predicted molar refractivity (Wildman–Crippen MR) is 36.9 cm³/mol. The van der Waals surface area contributed by atoms with Crippen LogP contribution in [-0.4, -0.2) is 25.0 Å². The van der Waals surface area contributed by atoms with Crippen LogP contribution in [0.2, 0.25) is 0 Å². The number of piperidine rings is 1. The number of hydrogen-bond donors (Lipinski definition) is 0. The van der Waals surface area contributed by atoms with Crippen molar-refractivity contribution in [2.24, 2.45) is 11.3 Å². The largest absolute Gasteiger partial charge is 0.305 e. The number of nitrogens with zero attached hydrogens (tertiary/aromatic N) is 1. The Kier molecular flexibility index (Phi) is 0.784. The third-order valence-corrected chi connectivity index (χ3v) is 2.60. The highest BCUT2D eigenvalue weighted by molar-refractivity contribution is 5.24. The molecule has 1 nitrogen and oxygen atoms in total. The zero-order valence-electron chi connectivity index (χ0n) is 5.72. The summed E-state index contributed by atoms with van der Waals surface area (Å²) in [6.07, 6.45) is 6.68. The van der Waals surface area contributed by atoms with Crippen molar-refractivity contribution in [3.05, 3.63) is 0 Å². The minimum Gasteiger partial charge on any atom is -0.305 e. The van der Waals surface area contributed by atoms with E-state index in [1.807, 2.05) is 0 Å². The van der Waals surface area contributed by atoms with Gasteiger partial charge in [-0.1, -0.05) is 5.92 Å². The van der Waals surface area contributed by atoms with E-state index in [2.05, 4.69) is 17.9 Å². The van der Waals surface area contributed by atoms with Gasteiger partial charge in [0, 0.05) is 18.5 Å². The molecular weight excluding hydrogens is 110 g/mol. The van der Waals surface area contributed by atoms with Gasteiger partial charge in [0.25, 0.3) is 0 Å². The van der Waals surface area contributed by atoms with Crippen molar-refractivity contribution < 1.29 is 0 Å². The number of rotatable bonds is 0. The lowest BCUT2D eigenvalue weighted by atomic mass is 10.1. The molecule has 0 aromatic heterocycles. The molecule has 1 saturated carbocycles. The summed E-state index contributed by atoms with van der Waals surface area (Å²) in [5.41, 5.74) is 0.328. The van der Waals surface area contributed by atoms with Crippen molar-refractivity contribution in [2.45, 2.75) is 6.42 Å². The topological polar surface area (TPSA) is 3.24 Å². The number of hydrogen-bond acceptors (Lipinski definition) is 1. The molecule has 0 bridgehead atoms. The van der Waals surface area contributed by atoms with Gasteiger partial charge in [0.15, 0.2) is 0 Å². The molecule has 1 heterocycles. The summed E-state index contributed by atoms with van der Waals surface area (Å²) in [6, 6.07) is 0. The fourth-order valence-corrected chi connectivity index (χ4v) is 1.96. The van der Waals surface area contributed by atoms with Crippen LogP contribution in [0.5, 0.6) is 0 Å². The van der Waals surface area contributed by atoms with Crippen LogP contribution in [-0.2, 0) is 0 Å². The number of fused-ring (bicyclic) bond motifs is 1.